The lowest BCUT2D eigenvalue weighted by Gasteiger charge is -2.20. The van der Waals surface area contributed by atoms with Crippen molar-refractivity contribution < 1.29 is 9.53 Å². The summed E-state index contributed by atoms with van der Waals surface area (Å²) in [5.41, 5.74) is 7.01. The molecule has 0 saturated carbocycles. The van der Waals surface area contributed by atoms with Crippen molar-refractivity contribution in [3.8, 4) is 6.07 Å². The highest BCUT2D eigenvalue weighted by Crippen LogP contribution is 2.08. The number of carbonyl (C=O) groups excluding carboxylic acids is 1. The fraction of sp³-hybridized carbons (Fsp3) is 0.429. The molecule has 2 N–H and O–H groups in total. The molecule has 0 bridgehead atoms. The van der Waals surface area contributed by atoms with Gasteiger partial charge in [-0.1, -0.05) is 12.1 Å². The van der Waals surface area contributed by atoms with E-state index in [1.165, 1.54) is 0 Å². The Morgan fingerprint density at radius 3 is 2.89 bits per heavy atom. The Labute approximate surface area is 113 Å². The lowest BCUT2D eigenvalue weighted by molar-refractivity contribution is -0.132. The van der Waals surface area contributed by atoms with Crippen LogP contribution in [0.25, 0.3) is 0 Å². The van der Waals surface area contributed by atoms with Gasteiger partial charge in [-0.2, -0.15) is 5.26 Å². The van der Waals surface area contributed by atoms with Crippen molar-refractivity contribution in [2.24, 2.45) is 5.73 Å². The maximum atomic E-state index is 12.0. The molecule has 0 aliphatic heterocycles. The number of nitrogens with zero attached hydrogens (tertiary/aromatic N) is 2. The van der Waals surface area contributed by atoms with Crippen LogP contribution in [0.1, 0.15) is 17.5 Å². The Kier molecular flexibility index (Phi) is 6.00. The van der Waals surface area contributed by atoms with Gasteiger partial charge in [0.15, 0.2) is 0 Å². The predicted octanol–water partition coefficient (Wildman–Crippen LogP) is 0.880. The monoisotopic (exact) mass is 261 g/mol. The molecule has 1 atom stereocenters. The highest BCUT2D eigenvalue weighted by atomic mass is 16.5. The molecular formula is C14H19N3O2. The number of rotatable bonds is 6. The quantitative estimate of drug-likeness (QED) is 0.824. The lowest BCUT2D eigenvalue weighted by atomic mass is 10.1. The zero-order valence-corrected chi connectivity index (χ0v) is 11.3. The molecule has 0 fully saturated rings. The average Bonchev–Trinajstić information content (AvgIpc) is 2.44. The van der Waals surface area contributed by atoms with Crippen LogP contribution in [-0.4, -0.2) is 37.6 Å². The van der Waals surface area contributed by atoms with Gasteiger partial charge in [0.1, 0.15) is 0 Å². The Balaban J connectivity index is 2.61. The molecule has 1 rings (SSSR count). The third kappa shape index (κ3) is 4.70. The molecule has 0 radical (unpaired) electrons. The maximum Gasteiger partial charge on any atom is 0.225 e. The number of nitrogens with two attached hydrogens (primary N) is 1. The van der Waals surface area contributed by atoms with E-state index in [9.17, 15) is 4.79 Å². The molecule has 0 spiro atoms. The smallest absolute Gasteiger partial charge is 0.225 e. The van der Waals surface area contributed by atoms with E-state index in [2.05, 4.69) is 6.07 Å². The lowest BCUT2D eigenvalue weighted by Crippen LogP contribution is -2.33. The maximum absolute atomic E-state index is 12.0. The molecule has 102 valence electrons. The average molecular weight is 261 g/mol. The van der Waals surface area contributed by atoms with Crippen LogP contribution in [0.3, 0.4) is 0 Å². The van der Waals surface area contributed by atoms with Crippen molar-refractivity contribution in [2.75, 3.05) is 20.7 Å². The van der Waals surface area contributed by atoms with Gasteiger partial charge in [0, 0.05) is 27.2 Å². The molecular weight excluding hydrogens is 242 g/mol. The Morgan fingerprint density at radius 1 is 1.58 bits per heavy atom. The minimum atomic E-state index is -0.250. The SMILES string of the molecule is COC(CN)CC(=O)N(C)Cc1cccc(C#N)c1. The Bertz CT molecular complexity index is 464. The van der Waals surface area contributed by atoms with E-state index in [0.29, 0.717) is 18.7 Å². The predicted molar refractivity (Wildman–Crippen MR) is 72.1 cm³/mol. The number of hydrogen-bond acceptors (Lipinski definition) is 4. The zero-order valence-electron chi connectivity index (χ0n) is 11.3. The summed E-state index contributed by atoms with van der Waals surface area (Å²) in [5, 5.41) is 8.83. The van der Waals surface area contributed by atoms with E-state index < -0.39 is 0 Å². The Hall–Kier alpha value is -1.90. The van der Waals surface area contributed by atoms with Gasteiger partial charge in [0.25, 0.3) is 0 Å². The standard InChI is InChI=1S/C14H19N3O2/c1-17(14(18)7-13(9-16)19-2)10-12-5-3-4-11(6-12)8-15/h3-6,13H,7,9-10,16H2,1-2H3. The first-order chi connectivity index (χ1) is 9.10. The van der Waals surface area contributed by atoms with Crippen LogP contribution in [0.15, 0.2) is 24.3 Å². The summed E-state index contributed by atoms with van der Waals surface area (Å²) >= 11 is 0. The first-order valence-electron chi connectivity index (χ1n) is 6.06. The molecule has 19 heavy (non-hydrogen) atoms. The molecule has 0 aromatic heterocycles. The molecule has 5 heteroatoms. The van der Waals surface area contributed by atoms with E-state index >= 15 is 0 Å². The van der Waals surface area contributed by atoms with Crippen LogP contribution in [0.4, 0.5) is 0 Å². The molecule has 1 amide bonds. The van der Waals surface area contributed by atoms with Crippen LogP contribution < -0.4 is 5.73 Å². The van der Waals surface area contributed by atoms with Crippen molar-refractivity contribution in [1.29, 1.82) is 5.26 Å². The van der Waals surface area contributed by atoms with E-state index in [-0.39, 0.29) is 18.4 Å². The zero-order chi connectivity index (χ0) is 14.3. The summed E-state index contributed by atoms with van der Waals surface area (Å²) in [6, 6.07) is 9.30. The van der Waals surface area contributed by atoms with Gasteiger partial charge in [-0.3, -0.25) is 4.79 Å². The summed E-state index contributed by atoms with van der Waals surface area (Å²) in [7, 11) is 3.27. The van der Waals surface area contributed by atoms with Crippen LogP contribution in [0, 0.1) is 11.3 Å². The number of methoxy groups -OCH3 is 1. The molecule has 1 unspecified atom stereocenters. The molecule has 0 aliphatic carbocycles. The van der Waals surface area contributed by atoms with Gasteiger partial charge in [-0.25, -0.2) is 0 Å². The third-order valence-electron chi connectivity index (χ3n) is 2.90. The van der Waals surface area contributed by atoms with E-state index in [0.717, 1.165) is 5.56 Å². The minimum Gasteiger partial charge on any atom is -0.380 e. The second kappa shape index (κ2) is 7.52. The second-order valence-corrected chi connectivity index (χ2v) is 4.36. The van der Waals surface area contributed by atoms with Crippen molar-refractivity contribution in [3.05, 3.63) is 35.4 Å². The second-order valence-electron chi connectivity index (χ2n) is 4.36. The highest BCUT2D eigenvalue weighted by molar-refractivity contribution is 5.76. The van der Waals surface area contributed by atoms with Crippen molar-refractivity contribution >= 4 is 5.91 Å². The van der Waals surface area contributed by atoms with Crippen molar-refractivity contribution in [2.45, 2.75) is 19.1 Å². The number of ether oxygens (including phenoxy) is 1. The Morgan fingerprint density at radius 2 is 2.32 bits per heavy atom. The van der Waals surface area contributed by atoms with E-state index in [4.69, 9.17) is 15.7 Å². The summed E-state index contributed by atoms with van der Waals surface area (Å²) in [6.07, 6.45) is 0.0157. The highest BCUT2D eigenvalue weighted by Gasteiger charge is 2.15. The van der Waals surface area contributed by atoms with Gasteiger partial charge in [-0.05, 0) is 17.7 Å². The molecule has 0 heterocycles. The first-order valence-corrected chi connectivity index (χ1v) is 6.06. The van der Waals surface area contributed by atoms with E-state index in [1.807, 2.05) is 12.1 Å². The fourth-order valence-corrected chi connectivity index (χ4v) is 1.71. The first kappa shape index (κ1) is 15.2. The summed E-state index contributed by atoms with van der Waals surface area (Å²) < 4.78 is 5.09. The number of carbonyl (C=O) groups is 1. The van der Waals surface area contributed by atoms with Crippen molar-refractivity contribution in [1.82, 2.24) is 4.90 Å². The summed E-state index contributed by atoms with van der Waals surface area (Å²) in [6.45, 7) is 0.787. The molecule has 0 aliphatic rings. The van der Waals surface area contributed by atoms with Gasteiger partial charge in [0.05, 0.1) is 24.2 Å². The van der Waals surface area contributed by atoms with E-state index in [1.54, 1.807) is 31.2 Å². The number of hydrogen-bond donors (Lipinski definition) is 1. The molecule has 1 aromatic carbocycles. The number of nitriles is 1. The largest absolute Gasteiger partial charge is 0.380 e. The van der Waals surface area contributed by atoms with Gasteiger partial charge in [-0.15, -0.1) is 0 Å². The van der Waals surface area contributed by atoms with Gasteiger partial charge < -0.3 is 15.4 Å². The van der Waals surface area contributed by atoms with Gasteiger partial charge in [0.2, 0.25) is 5.91 Å². The normalized spacial score (nSPS) is 11.7. The number of benzene rings is 1. The molecule has 1 aromatic rings. The van der Waals surface area contributed by atoms with Crippen LogP contribution in [0.5, 0.6) is 0 Å². The third-order valence-corrected chi connectivity index (χ3v) is 2.90. The topological polar surface area (TPSA) is 79.3 Å². The molecule has 5 nitrogen and oxygen atoms in total. The van der Waals surface area contributed by atoms with Crippen LogP contribution in [0.2, 0.25) is 0 Å². The van der Waals surface area contributed by atoms with Crippen LogP contribution >= 0.6 is 0 Å². The number of amides is 1. The minimum absolute atomic E-state index is 0.0281. The molecule has 0 saturated heterocycles. The summed E-state index contributed by atoms with van der Waals surface area (Å²) in [5.74, 6) is -0.0281. The van der Waals surface area contributed by atoms with Crippen molar-refractivity contribution in [3.63, 3.8) is 0 Å². The fourth-order valence-electron chi connectivity index (χ4n) is 1.71. The summed E-state index contributed by atoms with van der Waals surface area (Å²) in [4.78, 5) is 13.6. The van der Waals surface area contributed by atoms with Crippen LogP contribution in [-0.2, 0) is 16.1 Å². The van der Waals surface area contributed by atoms with Gasteiger partial charge >= 0.3 is 0 Å².